The van der Waals surface area contributed by atoms with Crippen molar-refractivity contribution in [2.24, 2.45) is 0 Å². The van der Waals surface area contributed by atoms with Crippen LogP contribution in [-0.4, -0.2) is 47.2 Å². The van der Waals surface area contributed by atoms with Crippen molar-refractivity contribution in [1.82, 2.24) is 19.7 Å². The molecular formula is C17H26N4O3S. The highest BCUT2D eigenvalue weighted by molar-refractivity contribution is 7.91. The van der Waals surface area contributed by atoms with E-state index >= 15 is 0 Å². The standard InChI is InChI=1S/C16H22N4O3S.CH4/c1-6-19(7-2)16(21)20-10-17-15(18-20)24(22,23)14-12(4)8-11(3)9-13(14)5;/h8-10H,6-7H2,1-5H3;1H4. The number of nitrogens with zero attached hydrogens (tertiary/aromatic N) is 4. The summed E-state index contributed by atoms with van der Waals surface area (Å²) >= 11 is 0. The molecular weight excluding hydrogens is 340 g/mol. The lowest BCUT2D eigenvalue weighted by Gasteiger charge is -2.17. The van der Waals surface area contributed by atoms with Crippen LogP contribution in [0.2, 0.25) is 0 Å². The second-order valence-corrected chi connectivity index (χ2v) is 7.44. The number of sulfone groups is 1. The number of benzene rings is 1. The molecule has 0 atom stereocenters. The highest BCUT2D eigenvalue weighted by Crippen LogP contribution is 2.26. The number of carbonyl (C=O) groups excluding carboxylic acids is 1. The fourth-order valence-electron chi connectivity index (χ4n) is 2.78. The maximum absolute atomic E-state index is 12.9. The second kappa shape index (κ2) is 7.77. The van der Waals surface area contributed by atoms with E-state index in [4.69, 9.17) is 0 Å². The lowest BCUT2D eigenvalue weighted by Crippen LogP contribution is -2.34. The smallest absolute Gasteiger partial charge is 0.323 e. The molecule has 0 saturated heterocycles. The number of hydrogen-bond acceptors (Lipinski definition) is 5. The SMILES string of the molecule is C.CCN(CC)C(=O)n1cnc(S(=O)(=O)c2c(C)cc(C)cc2C)n1. The molecule has 0 aliphatic rings. The maximum atomic E-state index is 12.9. The summed E-state index contributed by atoms with van der Waals surface area (Å²) in [6.07, 6.45) is 1.15. The summed E-state index contributed by atoms with van der Waals surface area (Å²) in [4.78, 5) is 17.8. The Morgan fingerprint density at radius 1 is 1.12 bits per heavy atom. The first-order valence-electron chi connectivity index (χ1n) is 7.76. The molecule has 0 unspecified atom stereocenters. The molecule has 0 saturated carbocycles. The average Bonchev–Trinajstić information content (AvgIpc) is 2.97. The largest absolute Gasteiger partial charge is 0.346 e. The Hall–Kier alpha value is -2.22. The second-order valence-electron chi connectivity index (χ2n) is 5.66. The number of carbonyl (C=O) groups is 1. The zero-order chi connectivity index (χ0) is 18.1. The molecule has 0 aliphatic carbocycles. The number of hydrogen-bond donors (Lipinski definition) is 0. The third kappa shape index (κ3) is 3.89. The molecule has 7 nitrogen and oxygen atoms in total. The molecule has 0 aliphatic heterocycles. The molecule has 1 aromatic heterocycles. The van der Waals surface area contributed by atoms with Gasteiger partial charge in [0.2, 0.25) is 9.84 Å². The number of rotatable bonds is 4. The van der Waals surface area contributed by atoms with Crippen LogP contribution in [0.3, 0.4) is 0 Å². The van der Waals surface area contributed by atoms with Crippen LogP contribution in [0.4, 0.5) is 4.79 Å². The topological polar surface area (TPSA) is 85.2 Å². The molecule has 138 valence electrons. The van der Waals surface area contributed by atoms with Crippen molar-refractivity contribution in [2.75, 3.05) is 13.1 Å². The van der Waals surface area contributed by atoms with E-state index in [1.54, 1.807) is 26.0 Å². The van der Waals surface area contributed by atoms with Gasteiger partial charge in [0.15, 0.2) is 0 Å². The van der Waals surface area contributed by atoms with E-state index in [2.05, 4.69) is 10.1 Å². The van der Waals surface area contributed by atoms with E-state index in [-0.39, 0.29) is 17.5 Å². The Labute approximate surface area is 149 Å². The van der Waals surface area contributed by atoms with Crippen LogP contribution in [0.15, 0.2) is 28.5 Å². The molecule has 2 rings (SSSR count). The monoisotopic (exact) mass is 366 g/mol. The predicted molar refractivity (Wildman–Crippen MR) is 96.6 cm³/mol. The van der Waals surface area contributed by atoms with Crippen LogP contribution in [0.25, 0.3) is 0 Å². The summed E-state index contributed by atoms with van der Waals surface area (Å²) in [5, 5.41) is 3.54. The Morgan fingerprint density at radius 2 is 1.64 bits per heavy atom. The minimum absolute atomic E-state index is 0. The fraction of sp³-hybridized carbons (Fsp3) is 0.471. The van der Waals surface area contributed by atoms with E-state index in [0.29, 0.717) is 24.2 Å². The van der Waals surface area contributed by atoms with E-state index in [9.17, 15) is 13.2 Å². The Bertz CT molecular complexity index is 845. The highest BCUT2D eigenvalue weighted by Gasteiger charge is 2.28. The molecule has 0 N–H and O–H groups in total. The van der Waals surface area contributed by atoms with Crippen LogP contribution in [0, 0.1) is 20.8 Å². The zero-order valence-electron chi connectivity index (χ0n) is 14.6. The van der Waals surface area contributed by atoms with Gasteiger partial charge < -0.3 is 4.90 Å². The average molecular weight is 366 g/mol. The minimum Gasteiger partial charge on any atom is -0.323 e. The third-order valence-corrected chi connectivity index (χ3v) is 5.66. The lowest BCUT2D eigenvalue weighted by atomic mass is 10.1. The molecule has 2 aromatic rings. The Morgan fingerprint density at radius 3 is 2.12 bits per heavy atom. The molecule has 0 bridgehead atoms. The number of aromatic nitrogens is 3. The van der Waals surface area contributed by atoms with Gasteiger partial charge in [-0.1, -0.05) is 25.1 Å². The quantitative estimate of drug-likeness (QED) is 0.830. The van der Waals surface area contributed by atoms with E-state index < -0.39 is 15.9 Å². The van der Waals surface area contributed by atoms with Crippen LogP contribution >= 0.6 is 0 Å². The van der Waals surface area contributed by atoms with Gasteiger partial charge in [0.25, 0.3) is 5.16 Å². The summed E-state index contributed by atoms with van der Waals surface area (Å²) in [7, 11) is -3.88. The molecule has 25 heavy (non-hydrogen) atoms. The summed E-state index contributed by atoms with van der Waals surface area (Å²) < 4.78 is 26.7. The van der Waals surface area contributed by atoms with Gasteiger partial charge in [0.1, 0.15) is 6.33 Å². The first kappa shape index (κ1) is 20.8. The Kier molecular flexibility index (Phi) is 6.48. The summed E-state index contributed by atoms with van der Waals surface area (Å²) in [5.41, 5.74) is 2.26. The van der Waals surface area contributed by atoms with Crippen LogP contribution in [-0.2, 0) is 9.84 Å². The van der Waals surface area contributed by atoms with Crippen molar-refractivity contribution in [2.45, 2.75) is 52.1 Å². The minimum atomic E-state index is -3.88. The van der Waals surface area contributed by atoms with Crippen molar-refractivity contribution in [3.8, 4) is 0 Å². The van der Waals surface area contributed by atoms with E-state index in [1.807, 2.05) is 20.8 Å². The Balaban J connectivity index is 0.00000312. The van der Waals surface area contributed by atoms with Crippen molar-refractivity contribution < 1.29 is 13.2 Å². The zero-order valence-corrected chi connectivity index (χ0v) is 15.4. The van der Waals surface area contributed by atoms with Crippen LogP contribution in [0.5, 0.6) is 0 Å². The van der Waals surface area contributed by atoms with Crippen molar-refractivity contribution in [3.63, 3.8) is 0 Å². The lowest BCUT2D eigenvalue weighted by molar-refractivity contribution is 0.201. The van der Waals surface area contributed by atoms with Crippen LogP contribution < -0.4 is 0 Å². The molecule has 0 radical (unpaired) electrons. The van der Waals surface area contributed by atoms with Gasteiger partial charge in [0.05, 0.1) is 4.90 Å². The number of aryl methyl sites for hydroxylation is 3. The van der Waals surface area contributed by atoms with E-state index in [1.165, 1.54) is 4.90 Å². The van der Waals surface area contributed by atoms with Gasteiger partial charge in [-0.15, -0.1) is 5.10 Å². The van der Waals surface area contributed by atoms with Gasteiger partial charge in [-0.2, -0.15) is 4.68 Å². The summed E-state index contributed by atoms with van der Waals surface area (Å²) in [5.74, 6) is 0. The van der Waals surface area contributed by atoms with Gasteiger partial charge in [0, 0.05) is 13.1 Å². The third-order valence-electron chi connectivity index (χ3n) is 3.81. The summed E-state index contributed by atoms with van der Waals surface area (Å²) in [6.45, 7) is 10.1. The molecule has 1 aromatic carbocycles. The molecule has 0 spiro atoms. The summed E-state index contributed by atoms with van der Waals surface area (Å²) in [6, 6.07) is 3.21. The van der Waals surface area contributed by atoms with Gasteiger partial charge >= 0.3 is 6.03 Å². The van der Waals surface area contributed by atoms with E-state index in [0.717, 1.165) is 16.6 Å². The first-order valence-corrected chi connectivity index (χ1v) is 9.24. The predicted octanol–water partition coefficient (Wildman–Crippen LogP) is 2.98. The molecule has 1 heterocycles. The molecule has 0 fully saturated rings. The van der Waals surface area contributed by atoms with Crippen molar-refractivity contribution in [1.29, 1.82) is 0 Å². The van der Waals surface area contributed by atoms with Gasteiger partial charge in [-0.3, -0.25) is 0 Å². The van der Waals surface area contributed by atoms with Gasteiger partial charge in [-0.05, 0) is 45.7 Å². The van der Waals surface area contributed by atoms with Crippen molar-refractivity contribution >= 4 is 15.9 Å². The normalized spacial score (nSPS) is 11.1. The molecule has 1 amide bonds. The highest BCUT2D eigenvalue weighted by atomic mass is 32.2. The molecule has 8 heteroatoms. The van der Waals surface area contributed by atoms with Gasteiger partial charge in [-0.25, -0.2) is 18.2 Å². The van der Waals surface area contributed by atoms with Crippen molar-refractivity contribution in [3.05, 3.63) is 35.2 Å². The fourth-order valence-corrected chi connectivity index (χ4v) is 4.31. The maximum Gasteiger partial charge on any atom is 0.346 e. The number of amides is 1. The first-order chi connectivity index (χ1) is 11.2. The van der Waals surface area contributed by atoms with Crippen LogP contribution in [0.1, 0.15) is 38.0 Å².